The minimum atomic E-state index is -0.395. The molecule has 4 nitrogen and oxygen atoms in total. The lowest BCUT2D eigenvalue weighted by atomic mass is 10.0. The third-order valence-corrected chi connectivity index (χ3v) is 4.01. The lowest BCUT2D eigenvalue weighted by molar-refractivity contribution is -0.384. The first kappa shape index (κ1) is 16.0. The molecule has 2 aromatic carbocycles. The number of unbranched alkanes of at least 4 members (excludes halogenated alkanes) is 1. The van der Waals surface area contributed by atoms with Gasteiger partial charge in [-0.05, 0) is 36.6 Å². The van der Waals surface area contributed by atoms with Crippen LogP contribution in [0.1, 0.15) is 25.3 Å². The Morgan fingerprint density at radius 2 is 1.71 bits per heavy atom. The Kier molecular flexibility index (Phi) is 4.75. The van der Waals surface area contributed by atoms with Gasteiger partial charge in [0.25, 0.3) is 5.69 Å². The summed E-state index contributed by atoms with van der Waals surface area (Å²) < 4.78 is 6.11. The van der Waals surface area contributed by atoms with Gasteiger partial charge in [-0.3, -0.25) is 10.1 Å². The molecule has 0 saturated carbocycles. The lowest BCUT2D eigenvalue weighted by Crippen LogP contribution is -1.86. The van der Waals surface area contributed by atoms with Crippen molar-refractivity contribution in [3.8, 4) is 22.6 Å². The van der Waals surface area contributed by atoms with Gasteiger partial charge in [0, 0.05) is 23.3 Å². The zero-order chi connectivity index (χ0) is 16.9. The number of furan rings is 1. The number of aryl methyl sites for hydroxylation is 1. The van der Waals surface area contributed by atoms with Crippen LogP contribution in [0.25, 0.3) is 22.6 Å². The molecule has 0 amide bonds. The van der Waals surface area contributed by atoms with Gasteiger partial charge in [-0.25, -0.2) is 0 Å². The Morgan fingerprint density at radius 3 is 2.33 bits per heavy atom. The largest absolute Gasteiger partial charge is 0.456 e. The molecular formula is C20H19NO3. The van der Waals surface area contributed by atoms with Crippen molar-refractivity contribution in [2.45, 2.75) is 26.2 Å². The normalized spacial score (nSPS) is 10.7. The van der Waals surface area contributed by atoms with Crippen LogP contribution in [-0.2, 0) is 6.42 Å². The summed E-state index contributed by atoms with van der Waals surface area (Å²) in [4.78, 5) is 10.4. The van der Waals surface area contributed by atoms with Crippen LogP contribution < -0.4 is 0 Å². The van der Waals surface area contributed by atoms with E-state index in [0.29, 0.717) is 0 Å². The number of benzene rings is 2. The van der Waals surface area contributed by atoms with Gasteiger partial charge in [0.2, 0.25) is 0 Å². The molecule has 0 aliphatic carbocycles. The Hall–Kier alpha value is -2.88. The molecule has 1 heterocycles. The number of non-ortho nitro benzene ring substituents is 1. The first-order valence-corrected chi connectivity index (χ1v) is 8.12. The second-order valence-electron chi connectivity index (χ2n) is 5.74. The van der Waals surface area contributed by atoms with Gasteiger partial charge in [-0.2, -0.15) is 0 Å². The van der Waals surface area contributed by atoms with E-state index < -0.39 is 4.92 Å². The van der Waals surface area contributed by atoms with E-state index in [4.69, 9.17) is 4.42 Å². The molecule has 0 atom stereocenters. The molecule has 0 radical (unpaired) electrons. The fraction of sp³-hybridized carbons (Fsp3) is 0.200. The highest BCUT2D eigenvalue weighted by molar-refractivity contribution is 5.69. The van der Waals surface area contributed by atoms with E-state index >= 15 is 0 Å². The topological polar surface area (TPSA) is 56.3 Å². The average molecular weight is 321 g/mol. The van der Waals surface area contributed by atoms with Crippen LogP contribution in [0.4, 0.5) is 5.69 Å². The van der Waals surface area contributed by atoms with Crippen molar-refractivity contribution in [3.05, 3.63) is 76.3 Å². The standard InChI is InChI=1S/C20H19NO3/c1-2-3-7-17-14-19(15-10-12-18(13-11-15)21(22)23)24-20(17)16-8-5-4-6-9-16/h4-6,8-14H,2-3,7H2,1H3. The summed E-state index contributed by atoms with van der Waals surface area (Å²) in [5.74, 6) is 1.63. The molecule has 0 spiro atoms. The summed E-state index contributed by atoms with van der Waals surface area (Å²) in [5, 5.41) is 10.8. The second kappa shape index (κ2) is 7.13. The lowest BCUT2D eigenvalue weighted by Gasteiger charge is -2.01. The van der Waals surface area contributed by atoms with E-state index in [1.807, 2.05) is 30.3 Å². The Bertz CT molecular complexity index is 820. The molecule has 0 bridgehead atoms. The number of rotatable bonds is 6. The van der Waals surface area contributed by atoms with Crippen molar-refractivity contribution in [3.63, 3.8) is 0 Å². The molecule has 0 aliphatic heterocycles. The van der Waals surface area contributed by atoms with Gasteiger partial charge in [0.1, 0.15) is 11.5 Å². The third-order valence-electron chi connectivity index (χ3n) is 4.01. The minimum Gasteiger partial charge on any atom is -0.456 e. The minimum absolute atomic E-state index is 0.0831. The third kappa shape index (κ3) is 3.38. The van der Waals surface area contributed by atoms with Crippen LogP contribution in [0.5, 0.6) is 0 Å². The smallest absolute Gasteiger partial charge is 0.269 e. The maximum Gasteiger partial charge on any atom is 0.269 e. The van der Waals surface area contributed by atoms with E-state index in [-0.39, 0.29) is 5.69 Å². The molecule has 0 saturated heterocycles. The first-order chi connectivity index (χ1) is 11.7. The number of nitro groups is 1. The van der Waals surface area contributed by atoms with Crippen molar-refractivity contribution in [2.24, 2.45) is 0 Å². The van der Waals surface area contributed by atoms with Gasteiger partial charge < -0.3 is 4.42 Å². The monoisotopic (exact) mass is 321 g/mol. The van der Waals surface area contributed by atoms with Crippen LogP contribution in [0.15, 0.2) is 65.1 Å². The van der Waals surface area contributed by atoms with Gasteiger partial charge in [-0.15, -0.1) is 0 Å². The molecule has 122 valence electrons. The highest BCUT2D eigenvalue weighted by atomic mass is 16.6. The van der Waals surface area contributed by atoms with Crippen molar-refractivity contribution in [2.75, 3.05) is 0 Å². The Balaban J connectivity index is 1.99. The summed E-state index contributed by atoms with van der Waals surface area (Å²) in [6, 6.07) is 18.6. The molecular weight excluding hydrogens is 302 g/mol. The molecule has 3 rings (SSSR count). The highest BCUT2D eigenvalue weighted by Crippen LogP contribution is 2.34. The van der Waals surface area contributed by atoms with E-state index in [1.165, 1.54) is 17.7 Å². The van der Waals surface area contributed by atoms with E-state index in [2.05, 4.69) is 13.0 Å². The summed E-state index contributed by atoms with van der Waals surface area (Å²) in [6.45, 7) is 2.17. The van der Waals surface area contributed by atoms with Gasteiger partial charge in [-0.1, -0.05) is 43.7 Å². The quantitative estimate of drug-likeness (QED) is 0.422. The van der Waals surface area contributed by atoms with Crippen molar-refractivity contribution in [1.82, 2.24) is 0 Å². The van der Waals surface area contributed by atoms with Gasteiger partial charge >= 0.3 is 0 Å². The molecule has 0 N–H and O–H groups in total. The summed E-state index contributed by atoms with van der Waals surface area (Å²) in [6.07, 6.45) is 3.17. The number of nitro benzene ring substituents is 1. The number of hydrogen-bond donors (Lipinski definition) is 0. The molecule has 4 heteroatoms. The highest BCUT2D eigenvalue weighted by Gasteiger charge is 2.15. The van der Waals surface area contributed by atoms with Crippen LogP contribution >= 0.6 is 0 Å². The van der Waals surface area contributed by atoms with Crippen molar-refractivity contribution < 1.29 is 9.34 Å². The predicted molar refractivity (Wildman–Crippen MR) is 94.8 cm³/mol. The Morgan fingerprint density at radius 1 is 1.00 bits per heavy atom. The van der Waals surface area contributed by atoms with E-state index in [1.54, 1.807) is 12.1 Å². The molecule has 0 fully saturated rings. The molecule has 1 aromatic heterocycles. The zero-order valence-corrected chi connectivity index (χ0v) is 13.6. The van der Waals surface area contributed by atoms with Crippen LogP contribution in [0, 0.1) is 10.1 Å². The second-order valence-corrected chi connectivity index (χ2v) is 5.74. The van der Waals surface area contributed by atoms with E-state index in [9.17, 15) is 10.1 Å². The number of nitrogens with zero attached hydrogens (tertiary/aromatic N) is 1. The SMILES string of the molecule is CCCCc1cc(-c2ccc([N+](=O)[O-])cc2)oc1-c1ccccc1. The summed E-state index contributed by atoms with van der Waals surface area (Å²) >= 11 is 0. The maximum atomic E-state index is 10.8. The zero-order valence-electron chi connectivity index (χ0n) is 13.6. The predicted octanol–water partition coefficient (Wildman–Crippen LogP) is 5.86. The van der Waals surface area contributed by atoms with E-state index in [0.717, 1.165) is 41.9 Å². The van der Waals surface area contributed by atoms with Crippen LogP contribution in [0.3, 0.4) is 0 Å². The van der Waals surface area contributed by atoms with Crippen molar-refractivity contribution in [1.29, 1.82) is 0 Å². The molecule has 0 unspecified atom stereocenters. The average Bonchev–Trinajstić information content (AvgIpc) is 3.05. The maximum absolute atomic E-state index is 10.8. The first-order valence-electron chi connectivity index (χ1n) is 8.12. The fourth-order valence-corrected chi connectivity index (χ4v) is 2.71. The fourth-order valence-electron chi connectivity index (χ4n) is 2.71. The Labute approximate surface area is 140 Å². The van der Waals surface area contributed by atoms with Crippen LogP contribution in [-0.4, -0.2) is 4.92 Å². The van der Waals surface area contributed by atoms with Crippen LogP contribution in [0.2, 0.25) is 0 Å². The summed E-state index contributed by atoms with van der Waals surface area (Å²) in [7, 11) is 0. The van der Waals surface area contributed by atoms with Gasteiger partial charge in [0.05, 0.1) is 4.92 Å². The molecule has 24 heavy (non-hydrogen) atoms. The molecule has 0 aliphatic rings. The van der Waals surface area contributed by atoms with Gasteiger partial charge in [0.15, 0.2) is 0 Å². The number of hydrogen-bond acceptors (Lipinski definition) is 3. The molecule has 3 aromatic rings. The summed E-state index contributed by atoms with van der Waals surface area (Å²) in [5.41, 5.74) is 3.16. The van der Waals surface area contributed by atoms with Crippen molar-refractivity contribution >= 4 is 5.69 Å².